The van der Waals surface area contributed by atoms with Crippen molar-refractivity contribution in [3.05, 3.63) is 41.2 Å². The topological polar surface area (TPSA) is 91.7 Å². The van der Waals surface area contributed by atoms with E-state index < -0.39 is 18.0 Å². The van der Waals surface area contributed by atoms with Crippen LogP contribution in [0.1, 0.15) is 37.7 Å². The number of nitrogens with zero attached hydrogens (tertiary/aromatic N) is 2. The molecule has 1 aromatic carbocycles. The molecule has 0 fully saturated rings. The van der Waals surface area contributed by atoms with Crippen molar-refractivity contribution in [3.8, 4) is 11.5 Å². The lowest BCUT2D eigenvalue weighted by molar-refractivity contribution is -0.148. The van der Waals surface area contributed by atoms with Gasteiger partial charge in [-0.3, -0.25) is 9.48 Å². The third-order valence-corrected chi connectivity index (χ3v) is 4.40. The standard InChI is InChI=1S/C22H29N3O5/c1-7-28-18-11-9-17(13-19(18)29-8-2)10-12-20(26)30-16(5)22(27)23-21-14(3)24-25(6)15(21)4/h9-13,16H,7-8H2,1-6H3,(H,23,27)/b12-10+/t16-/m0/s1. The average molecular weight is 415 g/mol. The summed E-state index contributed by atoms with van der Waals surface area (Å²) in [6, 6.07) is 5.37. The lowest BCUT2D eigenvalue weighted by Crippen LogP contribution is -2.29. The van der Waals surface area contributed by atoms with Crippen molar-refractivity contribution in [2.75, 3.05) is 18.5 Å². The molecule has 2 aromatic rings. The van der Waals surface area contributed by atoms with E-state index in [1.54, 1.807) is 42.9 Å². The number of ether oxygens (including phenoxy) is 3. The Morgan fingerprint density at radius 3 is 2.43 bits per heavy atom. The molecule has 162 valence electrons. The summed E-state index contributed by atoms with van der Waals surface area (Å²) in [6.45, 7) is 9.98. The highest BCUT2D eigenvalue weighted by Gasteiger charge is 2.20. The van der Waals surface area contributed by atoms with Crippen LogP contribution in [0.5, 0.6) is 11.5 Å². The predicted octanol–water partition coefficient (Wildman–Crippen LogP) is 3.42. The first-order valence-electron chi connectivity index (χ1n) is 9.86. The number of aromatic nitrogens is 2. The van der Waals surface area contributed by atoms with E-state index >= 15 is 0 Å². The van der Waals surface area contributed by atoms with Crippen LogP contribution in [0.3, 0.4) is 0 Å². The van der Waals surface area contributed by atoms with Crippen molar-refractivity contribution >= 4 is 23.6 Å². The van der Waals surface area contributed by atoms with Crippen LogP contribution in [0.15, 0.2) is 24.3 Å². The van der Waals surface area contributed by atoms with Gasteiger partial charge < -0.3 is 19.5 Å². The van der Waals surface area contributed by atoms with E-state index in [9.17, 15) is 9.59 Å². The summed E-state index contributed by atoms with van der Waals surface area (Å²) in [5.74, 6) is 0.204. The van der Waals surface area contributed by atoms with Gasteiger partial charge in [-0.05, 0) is 58.4 Å². The van der Waals surface area contributed by atoms with Crippen LogP contribution in [0, 0.1) is 13.8 Å². The molecule has 1 aromatic heterocycles. The SMILES string of the molecule is CCOc1ccc(/C=C/C(=O)O[C@@H](C)C(=O)Nc2c(C)nn(C)c2C)cc1OCC. The Balaban J connectivity index is 1.99. The quantitative estimate of drug-likeness (QED) is 0.498. The van der Waals surface area contributed by atoms with Gasteiger partial charge in [-0.1, -0.05) is 6.07 Å². The summed E-state index contributed by atoms with van der Waals surface area (Å²) in [4.78, 5) is 24.5. The van der Waals surface area contributed by atoms with Crippen molar-refractivity contribution in [2.45, 2.75) is 40.7 Å². The first-order chi connectivity index (χ1) is 14.3. The second-order valence-corrected chi connectivity index (χ2v) is 6.64. The molecule has 2 rings (SSSR count). The molecule has 0 saturated heterocycles. The van der Waals surface area contributed by atoms with Gasteiger partial charge in [0.25, 0.3) is 5.91 Å². The number of hydrogen-bond donors (Lipinski definition) is 1. The number of carbonyl (C=O) groups excluding carboxylic acids is 2. The normalized spacial score (nSPS) is 11.9. The fraction of sp³-hybridized carbons (Fsp3) is 0.409. The Morgan fingerprint density at radius 2 is 1.83 bits per heavy atom. The molecule has 0 aliphatic rings. The monoisotopic (exact) mass is 415 g/mol. The molecular weight excluding hydrogens is 386 g/mol. The molecule has 0 spiro atoms. The number of amides is 1. The minimum absolute atomic E-state index is 0.421. The Morgan fingerprint density at radius 1 is 1.17 bits per heavy atom. The molecule has 0 bridgehead atoms. The highest BCUT2D eigenvalue weighted by atomic mass is 16.5. The zero-order chi connectivity index (χ0) is 22.3. The Kier molecular flexibility index (Phi) is 8.03. The second kappa shape index (κ2) is 10.5. The van der Waals surface area contributed by atoms with Crippen LogP contribution < -0.4 is 14.8 Å². The third-order valence-electron chi connectivity index (χ3n) is 4.40. The summed E-state index contributed by atoms with van der Waals surface area (Å²) in [7, 11) is 1.80. The molecule has 0 radical (unpaired) electrons. The zero-order valence-electron chi connectivity index (χ0n) is 18.3. The highest BCUT2D eigenvalue weighted by molar-refractivity contribution is 5.97. The number of esters is 1. The van der Waals surface area contributed by atoms with Crippen LogP contribution in [-0.2, 0) is 21.4 Å². The van der Waals surface area contributed by atoms with E-state index in [0.717, 1.165) is 11.3 Å². The molecule has 1 N–H and O–H groups in total. The fourth-order valence-corrected chi connectivity index (χ4v) is 2.78. The molecule has 0 saturated carbocycles. The van der Waals surface area contributed by atoms with E-state index in [-0.39, 0.29) is 0 Å². The molecule has 1 amide bonds. The van der Waals surface area contributed by atoms with Gasteiger partial charge in [-0.25, -0.2) is 4.79 Å². The molecule has 8 nitrogen and oxygen atoms in total. The van der Waals surface area contributed by atoms with Crippen molar-refractivity contribution in [2.24, 2.45) is 7.05 Å². The zero-order valence-corrected chi connectivity index (χ0v) is 18.3. The molecule has 0 unspecified atom stereocenters. The molecule has 0 aliphatic heterocycles. The maximum Gasteiger partial charge on any atom is 0.331 e. The number of rotatable bonds is 9. The molecule has 1 atom stereocenters. The maximum atomic E-state index is 12.4. The van der Waals surface area contributed by atoms with Crippen LogP contribution >= 0.6 is 0 Å². The van der Waals surface area contributed by atoms with Crippen LogP contribution in [0.25, 0.3) is 6.08 Å². The predicted molar refractivity (Wildman–Crippen MR) is 115 cm³/mol. The number of benzene rings is 1. The highest BCUT2D eigenvalue weighted by Crippen LogP contribution is 2.29. The van der Waals surface area contributed by atoms with Gasteiger partial charge in [0.15, 0.2) is 17.6 Å². The molecule has 1 heterocycles. The van der Waals surface area contributed by atoms with E-state index in [1.165, 1.54) is 13.0 Å². The summed E-state index contributed by atoms with van der Waals surface area (Å²) < 4.78 is 18.0. The Bertz CT molecular complexity index is 933. The summed E-state index contributed by atoms with van der Waals surface area (Å²) >= 11 is 0. The maximum absolute atomic E-state index is 12.4. The van der Waals surface area contributed by atoms with Crippen molar-refractivity contribution in [3.63, 3.8) is 0 Å². The second-order valence-electron chi connectivity index (χ2n) is 6.64. The molecule has 30 heavy (non-hydrogen) atoms. The largest absolute Gasteiger partial charge is 0.490 e. The third kappa shape index (κ3) is 5.85. The summed E-state index contributed by atoms with van der Waals surface area (Å²) in [6.07, 6.45) is 1.91. The average Bonchev–Trinajstić information content (AvgIpc) is 2.94. The fourth-order valence-electron chi connectivity index (χ4n) is 2.78. The Labute approximate surface area is 176 Å². The first-order valence-corrected chi connectivity index (χ1v) is 9.86. The first kappa shape index (κ1) is 23.0. The summed E-state index contributed by atoms with van der Waals surface area (Å²) in [5.41, 5.74) is 2.89. The number of carbonyl (C=O) groups is 2. The molecular formula is C22H29N3O5. The molecule has 8 heteroatoms. The minimum Gasteiger partial charge on any atom is -0.490 e. The number of nitrogens with one attached hydrogen (secondary N) is 1. The van der Waals surface area contributed by atoms with E-state index in [4.69, 9.17) is 14.2 Å². The van der Waals surface area contributed by atoms with Crippen molar-refractivity contribution in [1.82, 2.24) is 9.78 Å². The summed E-state index contributed by atoms with van der Waals surface area (Å²) in [5, 5.41) is 7.01. The van der Waals surface area contributed by atoms with Crippen LogP contribution in [0.4, 0.5) is 5.69 Å². The van der Waals surface area contributed by atoms with Gasteiger partial charge in [-0.2, -0.15) is 5.10 Å². The van der Waals surface area contributed by atoms with Gasteiger partial charge in [0.05, 0.1) is 30.3 Å². The van der Waals surface area contributed by atoms with Gasteiger partial charge >= 0.3 is 5.97 Å². The van der Waals surface area contributed by atoms with E-state index in [1.807, 2.05) is 20.8 Å². The van der Waals surface area contributed by atoms with Gasteiger partial charge in [-0.15, -0.1) is 0 Å². The lowest BCUT2D eigenvalue weighted by atomic mass is 10.2. The van der Waals surface area contributed by atoms with Gasteiger partial charge in [0.1, 0.15) is 0 Å². The lowest BCUT2D eigenvalue weighted by Gasteiger charge is -2.13. The van der Waals surface area contributed by atoms with Gasteiger partial charge in [0.2, 0.25) is 0 Å². The van der Waals surface area contributed by atoms with Crippen molar-refractivity contribution in [1.29, 1.82) is 0 Å². The number of aryl methyl sites for hydroxylation is 2. The number of hydrogen-bond acceptors (Lipinski definition) is 6. The van der Waals surface area contributed by atoms with Crippen LogP contribution in [0.2, 0.25) is 0 Å². The van der Waals surface area contributed by atoms with Crippen molar-refractivity contribution < 1.29 is 23.8 Å². The number of anilines is 1. The Hall–Kier alpha value is -3.29. The van der Waals surface area contributed by atoms with E-state index in [2.05, 4.69) is 10.4 Å². The molecule has 0 aliphatic carbocycles. The minimum atomic E-state index is -0.958. The van der Waals surface area contributed by atoms with Gasteiger partial charge in [0, 0.05) is 13.1 Å². The van der Waals surface area contributed by atoms with E-state index in [0.29, 0.717) is 36.1 Å². The smallest absolute Gasteiger partial charge is 0.331 e. The van der Waals surface area contributed by atoms with Crippen LogP contribution in [-0.4, -0.2) is 41.0 Å².